The van der Waals surface area contributed by atoms with Crippen molar-refractivity contribution in [2.45, 2.75) is 12.5 Å². The molecular weight excluding hydrogens is 206 g/mol. The second-order valence-electron chi connectivity index (χ2n) is 3.97. The molecule has 90 valence electrons. The van der Waals surface area contributed by atoms with Crippen molar-refractivity contribution < 1.29 is 9.47 Å². The van der Waals surface area contributed by atoms with Gasteiger partial charge in [0.05, 0.1) is 25.9 Å². The third kappa shape index (κ3) is 3.30. The van der Waals surface area contributed by atoms with Gasteiger partial charge in [-0.15, -0.1) is 0 Å². The van der Waals surface area contributed by atoms with E-state index in [4.69, 9.17) is 9.47 Å². The van der Waals surface area contributed by atoms with E-state index in [1.54, 1.807) is 0 Å². The summed E-state index contributed by atoms with van der Waals surface area (Å²) in [4.78, 5) is 0. The summed E-state index contributed by atoms with van der Waals surface area (Å²) in [5.41, 5.74) is 1.24. The van der Waals surface area contributed by atoms with E-state index in [9.17, 15) is 0 Å². The zero-order valence-corrected chi connectivity index (χ0v) is 9.69. The van der Waals surface area contributed by atoms with Crippen LogP contribution in [0.3, 0.4) is 0 Å². The standard InChI is InChI=1S/C11H19N3O2/c1-14-10(3-5-13-14)2-4-12-8-11-9-15-6-7-16-11/h3,5,11-12H,2,4,6-9H2,1H3. The van der Waals surface area contributed by atoms with Gasteiger partial charge >= 0.3 is 0 Å². The Hall–Kier alpha value is -0.910. The predicted octanol–water partition coefficient (Wildman–Crippen LogP) is -0.0324. The highest BCUT2D eigenvalue weighted by molar-refractivity contribution is 5.00. The third-order valence-corrected chi connectivity index (χ3v) is 2.74. The highest BCUT2D eigenvalue weighted by atomic mass is 16.6. The van der Waals surface area contributed by atoms with Gasteiger partial charge in [-0.25, -0.2) is 0 Å². The molecule has 0 aliphatic carbocycles. The Bertz CT molecular complexity index is 308. The quantitative estimate of drug-likeness (QED) is 0.715. The molecule has 1 N–H and O–H groups in total. The zero-order chi connectivity index (χ0) is 11.2. The summed E-state index contributed by atoms with van der Waals surface area (Å²) in [7, 11) is 1.97. The van der Waals surface area contributed by atoms with Crippen LogP contribution >= 0.6 is 0 Å². The van der Waals surface area contributed by atoms with Crippen molar-refractivity contribution in [3.05, 3.63) is 18.0 Å². The summed E-state index contributed by atoms with van der Waals surface area (Å²) in [6.45, 7) is 3.95. The normalized spacial score (nSPS) is 21.2. The molecule has 1 aliphatic rings. The van der Waals surface area contributed by atoms with Crippen LogP contribution in [0.15, 0.2) is 12.3 Å². The summed E-state index contributed by atoms with van der Waals surface area (Å²) in [5, 5.41) is 7.50. The first-order chi connectivity index (χ1) is 7.86. The first-order valence-corrected chi connectivity index (χ1v) is 5.73. The van der Waals surface area contributed by atoms with Gasteiger partial charge in [0.2, 0.25) is 0 Å². The van der Waals surface area contributed by atoms with Crippen LogP contribution in [0.2, 0.25) is 0 Å². The molecule has 1 atom stereocenters. The van der Waals surface area contributed by atoms with Crippen molar-refractivity contribution in [2.24, 2.45) is 7.05 Å². The maximum Gasteiger partial charge on any atom is 0.0933 e. The van der Waals surface area contributed by atoms with E-state index < -0.39 is 0 Å². The Morgan fingerprint density at radius 3 is 3.19 bits per heavy atom. The van der Waals surface area contributed by atoms with Crippen LogP contribution in [-0.2, 0) is 22.9 Å². The number of ether oxygens (including phenoxy) is 2. The molecule has 2 rings (SSSR count). The molecular formula is C11H19N3O2. The lowest BCUT2D eigenvalue weighted by molar-refractivity contribution is -0.0862. The molecule has 1 aromatic rings. The summed E-state index contributed by atoms with van der Waals surface area (Å²) in [6, 6.07) is 2.04. The molecule has 1 aliphatic heterocycles. The summed E-state index contributed by atoms with van der Waals surface area (Å²) in [5.74, 6) is 0. The van der Waals surface area contributed by atoms with Crippen LogP contribution in [0.4, 0.5) is 0 Å². The van der Waals surface area contributed by atoms with Gasteiger partial charge in [-0.2, -0.15) is 5.10 Å². The molecule has 0 spiro atoms. The van der Waals surface area contributed by atoms with Crippen molar-refractivity contribution in [1.82, 2.24) is 15.1 Å². The number of hydrogen-bond donors (Lipinski definition) is 1. The molecule has 1 fully saturated rings. The molecule has 0 bridgehead atoms. The van der Waals surface area contributed by atoms with Crippen molar-refractivity contribution in [3.8, 4) is 0 Å². The summed E-state index contributed by atoms with van der Waals surface area (Å²) < 4.78 is 12.8. The molecule has 1 unspecified atom stereocenters. The minimum atomic E-state index is 0.209. The Labute approximate surface area is 95.7 Å². The van der Waals surface area contributed by atoms with Gasteiger partial charge < -0.3 is 14.8 Å². The highest BCUT2D eigenvalue weighted by Gasteiger charge is 2.13. The van der Waals surface area contributed by atoms with E-state index in [1.807, 2.05) is 24.0 Å². The Kier molecular flexibility index (Phi) is 4.33. The van der Waals surface area contributed by atoms with Gasteiger partial charge in [0.25, 0.3) is 0 Å². The van der Waals surface area contributed by atoms with E-state index in [0.717, 1.165) is 26.1 Å². The molecule has 2 heterocycles. The monoisotopic (exact) mass is 225 g/mol. The Balaban J connectivity index is 1.59. The fourth-order valence-corrected chi connectivity index (χ4v) is 1.78. The molecule has 0 saturated carbocycles. The van der Waals surface area contributed by atoms with Crippen LogP contribution in [0.5, 0.6) is 0 Å². The van der Waals surface area contributed by atoms with Gasteiger partial charge in [0.15, 0.2) is 0 Å². The zero-order valence-electron chi connectivity index (χ0n) is 9.69. The lowest BCUT2D eigenvalue weighted by Crippen LogP contribution is -2.38. The van der Waals surface area contributed by atoms with Crippen molar-refractivity contribution >= 4 is 0 Å². The number of aromatic nitrogens is 2. The van der Waals surface area contributed by atoms with Gasteiger partial charge in [-0.3, -0.25) is 4.68 Å². The first kappa shape index (κ1) is 11.6. The lowest BCUT2D eigenvalue weighted by Gasteiger charge is -2.23. The Morgan fingerprint density at radius 1 is 1.56 bits per heavy atom. The molecule has 0 radical (unpaired) electrons. The van der Waals surface area contributed by atoms with Crippen molar-refractivity contribution in [2.75, 3.05) is 32.9 Å². The SMILES string of the molecule is Cn1nccc1CCNCC1COCCO1. The topological polar surface area (TPSA) is 48.3 Å². The Morgan fingerprint density at radius 2 is 2.50 bits per heavy atom. The van der Waals surface area contributed by atoms with Crippen LogP contribution in [0, 0.1) is 0 Å². The van der Waals surface area contributed by atoms with Crippen molar-refractivity contribution in [1.29, 1.82) is 0 Å². The second-order valence-corrected chi connectivity index (χ2v) is 3.97. The highest BCUT2D eigenvalue weighted by Crippen LogP contribution is 1.99. The number of aryl methyl sites for hydroxylation is 1. The van der Waals surface area contributed by atoms with Crippen LogP contribution in [0.1, 0.15) is 5.69 Å². The van der Waals surface area contributed by atoms with Crippen molar-refractivity contribution in [3.63, 3.8) is 0 Å². The average Bonchev–Trinajstić information content (AvgIpc) is 2.72. The third-order valence-electron chi connectivity index (χ3n) is 2.74. The number of rotatable bonds is 5. The van der Waals surface area contributed by atoms with Gasteiger partial charge in [-0.05, 0) is 6.07 Å². The summed E-state index contributed by atoms with van der Waals surface area (Å²) in [6.07, 6.45) is 3.03. The largest absolute Gasteiger partial charge is 0.376 e. The van der Waals surface area contributed by atoms with E-state index in [1.165, 1.54) is 5.69 Å². The lowest BCUT2D eigenvalue weighted by atomic mass is 10.3. The second kappa shape index (κ2) is 5.98. The minimum Gasteiger partial charge on any atom is -0.376 e. The minimum absolute atomic E-state index is 0.209. The molecule has 1 aromatic heterocycles. The molecule has 0 aromatic carbocycles. The maximum atomic E-state index is 5.53. The van der Waals surface area contributed by atoms with Crippen LogP contribution in [-0.4, -0.2) is 48.8 Å². The molecule has 0 amide bonds. The maximum absolute atomic E-state index is 5.53. The molecule has 5 nitrogen and oxygen atoms in total. The molecule has 16 heavy (non-hydrogen) atoms. The fraction of sp³-hybridized carbons (Fsp3) is 0.727. The number of hydrogen-bond acceptors (Lipinski definition) is 4. The molecule has 5 heteroatoms. The van der Waals surface area contributed by atoms with Gasteiger partial charge in [0.1, 0.15) is 0 Å². The fourth-order valence-electron chi connectivity index (χ4n) is 1.78. The smallest absolute Gasteiger partial charge is 0.0933 e. The average molecular weight is 225 g/mol. The number of nitrogens with one attached hydrogen (secondary N) is 1. The van der Waals surface area contributed by atoms with Crippen LogP contribution < -0.4 is 5.32 Å². The molecule has 1 saturated heterocycles. The van der Waals surface area contributed by atoms with E-state index in [-0.39, 0.29) is 6.10 Å². The van der Waals surface area contributed by atoms with E-state index in [2.05, 4.69) is 10.4 Å². The van der Waals surface area contributed by atoms with Crippen LogP contribution in [0.25, 0.3) is 0 Å². The van der Waals surface area contributed by atoms with E-state index >= 15 is 0 Å². The van der Waals surface area contributed by atoms with E-state index in [0.29, 0.717) is 13.2 Å². The number of nitrogens with zero attached hydrogens (tertiary/aromatic N) is 2. The first-order valence-electron chi connectivity index (χ1n) is 5.73. The summed E-state index contributed by atoms with van der Waals surface area (Å²) >= 11 is 0. The van der Waals surface area contributed by atoms with Gasteiger partial charge in [0, 0.05) is 38.4 Å². The predicted molar refractivity (Wildman–Crippen MR) is 60.3 cm³/mol. The van der Waals surface area contributed by atoms with Gasteiger partial charge in [-0.1, -0.05) is 0 Å².